The number of sulfonamides is 1. The second-order valence-corrected chi connectivity index (χ2v) is 6.84. The Kier molecular flexibility index (Phi) is 3.06. The molecule has 1 unspecified atom stereocenters. The van der Waals surface area contributed by atoms with Crippen LogP contribution in [0.3, 0.4) is 0 Å². The number of hydrogen-bond donors (Lipinski definition) is 2. The first-order valence-corrected chi connectivity index (χ1v) is 7.83. The SMILES string of the molecule is Nc1ccccc1S(=O)(=O)N1CCN2C(=O)NCC2C1. The minimum atomic E-state index is -3.61. The molecule has 0 radical (unpaired) electrons. The smallest absolute Gasteiger partial charge is 0.317 e. The zero-order valence-corrected chi connectivity index (χ0v) is 11.6. The third-order valence-electron chi connectivity index (χ3n) is 3.73. The van der Waals surface area contributed by atoms with Crippen molar-refractivity contribution in [3.05, 3.63) is 24.3 Å². The third-order valence-corrected chi connectivity index (χ3v) is 5.67. The van der Waals surface area contributed by atoms with Crippen LogP contribution in [-0.4, -0.2) is 55.9 Å². The molecular weight excluding hydrogens is 280 g/mol. The Hall–Kier alpha value is -1.80. The number of nitrogens with zero attached hydrogens (tertiary/aromatic N) is 2. The summed E-state index contributed by atoms with van der Waals surface area (Å²) in [7, 11) is -3.61. The molecule has 2 aliphatic rings. The van der Waals surface area contributed by atoms with E-state index >= 15 is 0 Å². The van der Waals surface area contributed by atoms with Crippen LogP contribution in [0.15, 0.2) is 29.2 Å². The van der Waals surface area contributed by atoms with Crippen molar-refractivity contribution in [3.8, 4) is 0 Å². The predicted molar refractivity (Wildman–Crippen MR) is 73.5 cm³/mol. The van der Waals surface area contributed by atoms with Crippen molar-refractivity contribution in [1.29, 1.82) is 0 Å². The van der Waals surface area contributed by atoms with E-state index in [-0.39, 0.29) is 22.7 Å². The van der Waals surface area contributed by atoms with Gasteiger partial charge in [0.1, 0.15) is 4.90 Å². The summed E-state index contributed by atoms with van der Waals surface area (Å²) < 4.78 is 26.6. The fourth-order valence-electron chi connectivity index (χ4n) is 2.65. The van der Waals surface area contributed by atoms with Gasteiger partial charge < -0.3 is 16.0 Å². The second-order valence-electron chi connectivity index (χ2n) is 4.93. The van der Waals surface area contributed by atoms with Crippen molar-refractivity contribution in [2.24, 2.45) is 0 Å². The lowest BCUT2D eigenvalue weighted by molar-refractivity contribution is 0.164. The van der Waals surface area contributed by atoms with Crippen LogP contribution in [0.1, 0.15) is 0 Å². The predicted octanol–water partition coefficient (Wildman–Crippen LogP) is -0.333. The number of nitrogen functional groups attached to an aromatic ring is 1. The average molecular weight is 296 g/mol. The number of nitrogens with one attached hydrogen (secondary N) is 1. The summed E-state index contributed by atoms with van der Waals surface area (Å²) in [6.07, 6.45) is 0. The normalized spacial score (nSPS) is 23.5. The maximum Gasteiger partial charge on any atom is 0.317 e. The molecule has 1 aromatic carbocycles. The van der Waals surface area contributed by atoms with Gasteiger partial charge in [0, 0.05) is 26.2 Å². The number of hydrogen-bond acceptors (Lipinski definition) is 4. The fraction of sp³-hybridized carbons (Fsp3) is 0.417. The summed E-state index contributed by atoms with van der Waals surface area (Å²) in [5, 5.41) is 2.73. The highest BCUT2D eigenvalue weighted by Gasteiger charge is 2.39. The molecule has 0 saturated carbocycles. The number of benzene rings is 1. The lowest BCUT2D eigenvalue weighted by Crippen LogP contribution is -2.53. The first kappa shape index (κ1) is 13.2. The minimum Gasteiger partial charge on any atom is -0.398 e. The molecule has 8 heteroatoms. The molecule has 0 spiro atoms. The van der Waals surface area contributed by atoms with Crippen LogP contribution < -0.4 is 11.1 Å². The second kappa shape index (κ2) is 4.64. The van der Waals surface area contributed by atoms with Crippen LogP contribution in [0.25, 0.3) is 0 Å². The molecule has 2 saturated heterocycles. The fourth-order valence-corrected chi connectivity index (χ4v) is 4.23. The van der Waals surface area contributed by atoms with Gasteiger partial charge >= 0.3 is 6.03 Å². The molecule has 1 atom stereocenters. The van der Waals surface area contributed by atoms with E-state index in [0.717, 1.165) is 0 Å². The number of urea groups is 1. The summed E-state index contributed by atoms with van der Waals surface area (Å²) in [6, 6.07) is 6.22. The van der Waals surface area contributed by atoms with Crippen LogP contribution in [0, 0.1) is 0 Å². The lowest BCUT2D eigenvalue weighted by Gasteiger charge is -2.35. The Balaban J connectivity index is 1.87. The topological polar surface area (TPSA) is 95.7 Å². The van der Waals surface area contributed by atoms with E-state index in [1.54, 1.807) is 23.1 Å². The maximum absolute atomic E-state index is 12.6. The number of amides is 2. The van der Waals surface area contributed by atoms with Gasteiger partial charge in [-0.05, 0) is 12.1 Å². The van der Waals surface area contributed by atoms with Gasteiger partial charge in [-0.1, -0.05) is 12.1 Å². The number of rotatable bonds is 2. The molecule has 3 rings (SSSR count). The summed E-state index contributed by atoms with van der Waals surface area (Å²) in [5.74, 6) is 0. The molecule has 2 fully saturated rings. The quantitative estimate of drug-likeness (QED) is 0.730. The number of nitrogens with two attached hydrogens (primary N) is 1. The number of para-hydroxylation sites is 1. The molecule has 2 aliphatic heterocycles. The molecule has 0 aromatic heterocycles. The molecule has 2 amide bonds. The van der Waals surface area contributed by atoms with Gasteiger partial charge in [0.05, 0.1) is 11.7 Å². The molecule has 0 aliphatic carbocycles. The minimum absolute atomic E-state index is 0.101. The van der Waals surface area contributed by atoms with Gasteiger partial charge in [-0.15, -0.1) is 0 Å². The molecule has 20 heavy (non-hydrogen) atoms. The Morgan fingerprint density at radius 2 is 2.00 bits per heavy atom. The molecule has 108 valence electrons. The molecule has 3 N–H and O–H groups in total. The molecular formula is C12H16N4O3S. The van der Waals surface area contributed by atoms with Gasteiger partial charge in [0.25, 0.3) is 0 Å². The van der Waals surface area contributed by atoms with Crippen molar-refractivity contribution in [3.63, 3.8) is 0 Å². The van der Waals surface area contributed by atoms with E-state index < -0.39 is 10.0 Å². The van der Waals surface area contributed by atoms with Crippen LogP contribution >= 0.6 is 0 Å². The Morgan fingerprint density at radius 1 is 1.25 bits per heavy atom. The van der Waals surface area contributed by atoms with Gasteiger partial charge in [-0.25, -0.2) is 13.2 Å². The van der Waals surface area contributed by atoms with E-state index in [2.05, 4.69) is 5.32 Å². The Bertz CT molecular complexity index is 646. The van der Waals surface area contributed by atoms with Crippen LogP contribution in [0.2, 0.25) is 0 Å². The molecule has 0 bridgehead atoms. The van der Waals surface area contributed by atoms with Crippen molar-refractivity contribution in [2.45, 2.75) is 10.9 Å². The van der Waals surface area contributed by atoms with E-state index in [4.69, 9.17) is 5.73 Å². The number of piperazine rings is 1. The lowest BCUT2D eigenvalue weighted by atomic mass is 10.2. The van der Waals surface area contributed by atoms with Crippen LogP contribution in [-0.2, 0) is 10.0 Å². The average Bonchev–Trinajstić information content (AvgIpc) is 2.80. The Labute approximate surface area is 117 Å². The van der Waals surface area contributed by atoms with E-state index in [1.807, 2.05) is 0 Å². The number of fused-ring (bicyclic) bond motifs is 1. The van der Waals surface area contributed by atoms with Crippen LogP contribution in [0.5, 0.6) is 0 Å². The van der Waals surface area contributed by atoms with E-state index in [1.165, 1.54) is 10.4 Å². The summed E-state index contributed by atoms with van der Waals surface area (Å²) in [4.78, 5) is 13.3. The first-order valence-electron chi connectivity index (χ1n) is 6.39. The summed E-state index contributed by atoms with van der Waals surface area (Å²) in [6.45, 7) is 1.48. The van der Waals surface area contributed by atoms with Crippen LogP contribution in [0.4, 0.5) is 10.5 Å². The van der Waals surface area contributed by atoms with Gasteiger partial charge in [-0.3, -0.25) is 0 Å². The molecule has 1 aromatic rings. The zero-order chi connectivity index (χ0) is 14.3. The number of anilines is 1. The highest BCUT2D eigenvalue weighted by atomic mass is 32.2. The van der Waals surface area contributed by atoms with Crippen molar-refractivity contribution < 1.29 is 13.2 Å². The van der Waals surface area contributed by atoms with E-state index in [9.17, 15) is 13.2 Å². The number of carbonyl (C=O) groups excluding carboxylic acids is 1. The molecule has 7 nitrogen and oxygen atoms in total. The van der Waals surface area contributed by atoms with Crippen molar-refractivity contribution in [1.82, 2.24) is 14.5 Å². The van der Waals surface area contributed by atoms with Crippen molar-refractivity contribution >= 4 is 21.7 Å². The number of carbonyl (C=O) groups is 1. The largest absolute Gasteiger partial charge is 0.398 e. The standard InChI is InChI=1S/C12H16N4O3S/c13-10-3-1-2-4-11(10)20(18,19)15-5-6-16-9(8-15)7-14-12(16)17/h1-4,9H,5-8,13H2,(H,14,17). The maximum atomic E-state index is 12.6. The highest BCUT2D eigenvalue weighted by Crippen LogP contribution is 2.25. The van der Waals surface area contributed by atoms with Gasteiger partial charge in [-0.2, -0.15) is 4.31 Å². The summed E-state index contributed by atoms with van der Waals surface area (Å²) >= 11 is 0. The zero-order valence-electron chi connectivity index (χ0n) is 10.8. The van der Waals surface area contributed by atoms with Gasteiger partial charge in [0.2, 0.25) is 10.0 Å². The summed E-state index contributed by atoms with van der Waals surface area (Å²) in [5.41, 5.74) is 6.01. The Morgan fingerprint density at radius 3 is 2.75 bits per heavy atom. The van der Waals surface area contributed by atoms with Gasteiger partial charge in [0.15, 0.2) is 0 Å². The van der Waals surface area contributed by atoms with Crippen molar-refractivity contribution in [2.75, 3.05) is 31.9 Å². The molecule has 2 heterocycles. The monoisotopic (exact) mass is 296 g/mol. The van der Waals surface area contributed by atoms with E-state index in [0.29, 0.717) is 26.2 Å². The first-order chi connectivity index (χ1) is 9.50. The third kappa shape index (κ3) is 2.01. The highest BCUT2D eigenvalue weighted by molar-refractivity contribution is 7.89.